The minimum atomic E-state index is 0.182. The Hall–Kier alpha value is -1.52. The Labute approximate surface area is 127 Å². The minimum Gasteiger partial charge on any atom is -0.355 e. The highest BCUT2D eigenvalue weighted by atomic mass is 15.3. The Morgan fingerprint density at radius 3 is 2.43 bits per heavy atom. The van der Waals surface area contributed by atoms with Gasteiger partial charge in [0, 0.05) is 55.7 Å². The van der Waals surface area contributed by atoms with Gasteiger partial charge in [0.25, 0.3) is 0 Å². The Kier molecular flexibility index (Phi) is 3.91. The van der Waals surface area contributed by atoms with Crippen molar-refractivity contribution >= 4 is 16.7 Å². The minimum absolute atomic E-state index is 0.182. The van der Waals surface area contributed by atoms with E-state index in [1.54, 1.807) is 0 Å². The van der Waals surface area contributed by atoms with Gasteiger partial charge in [0.1, 0.15) is 5.82 Å². The Morgan fingerprint density at radius 2 is 1.76 bits per heavy atom. The molecule has 1 unspecified atom stereocenters. The topological polar surface area (TPSA) is 37.4 Å². The number of benzene rings is 1. The number of nitrogens with zero attached hydrogens (tertiary/aromatic N) is 3. The standard InChI is InChI=1S/C17H26N4/c1-13(18)12-15-14-6-4-5-7-16(14)20(3)17(15)21-10-8-19(2)9-11-21/h4-7,13H,8-12,18H2,1-3H3. The molecular formula is C17H26N4. The van der Waals surface area contributed by atoms with Gasteiger partial charge in [-0.25, -0.2) is 0 Å². The molecule has 1 aliphatic heterocycles. The summed E-state index contributed by atoms with van der Waals surface area (Å²) in [4.78, 5) is 4.92. The molecule has 2 heterocycles. The number of aryl methyl sites for hydroxylation is 1. The molecule has 1 atom stereocenters. The van der Waals surface area contributed by atoms with E-state index in [-0.39, 0.29) is 6.04 Å². The van der Waals surface area contributed by atoms with Crippen molar-refractivity contribution in [1.29, 1.82) is 0 Å². The van der Waals surface area contributed by atoms with E-state index >= 15 is 0 Å². The molecule has 1 aromatic heterocycles. The van der Waals surface area contributed by atoms with Crippen LogP contribution in [0.25, 0.3) is 10.9 Å². The molecule has 3 rings (SSSR count). The molecular weight excluding hydrogens is 260 g/mol. The molecule has 4 heteroatoms. The zero-order valence-electron chi connectivity index (χ0n) is 13.3. The van der Waals surface area contributed by atoms with E-state index in [2.05, 4.69) is 59.7 Å². The Morgan fingerprint density at radius 1 is 1.10 bits per heavy atom. The Bertz CT molecular complexity index is 621. The number of hydrogen-bond acceptors (Lipinski definition) is 3. The SMILES string of the molecule is CC(N)Cc1c(N2CCN(C)CC2)n(C)c2ccccc12. The molecule has 0 aliphatic carbocycles. The number of nitrogens with two attached hydrogens (primary N) is 1. The first kappa shape index (κ1) is 14.4. The average Bonchev–Trinajstić information content (AvgIpc) is 2.73. The number of likely N-dealkylation sites (N-methyl/N-ethyl adjacent to an activating group) is 1. The van der Waals surface area contributed by atoms with E-state index in [1.807, 2.05) is 0 Å². The monoisotopic (exact) mass is 286 g/mol. The van der Waals surface area contributed by atoms with E-state index in [0.29, 0.717) is 0 Å². The highest BCUT2D eigenvalue weighted by Crippen LogP contribution is 2.33. The summed E-state index contributed by atoms with van der Waals surface area (Å²) in [5.74, 6) is 1.36. The molecule has 2 N–H and O–H groups in total. The summed E-state index contributed by atoms with van der Waals surface area (Å²) in [6, 6.07) is 8.86. The van der Waals surface area contributed by atoms with Crippen molar-refractivity contribution in [3.63, 3.8) is 0 Å². The molecule has 1 saturated heterocycles. The van der Waals surface area contributed by atoms with Crippen molar-refractivity contribution in [2.24, 2.45) is 12.8 Å². The second-order valence-electron chi connectivity index (χ2n) is 6.35. The molecule has 1 fully saturated rings. The number of rotatable bonds is 3. The van der Waals surface area contributed by atoms with E-state index in [0.717, 1.165) is 32.6 Å². The lowest BCUT2D eigenvalue weighted by atomic mass is 10.0. The Balaban J connectivity index is 2.09. The first-order chi connectivity index (χ1) is 10.1. The lowest BCUT2D eigenvalue weighted by Crippen LogP contribution is -2.45. The van der Waals surface area contributed by atoms with E-state index in [9.17, 15) is 0 Å². The summed E-state index contributed by atoms with van der Waals surface area (Å²) in [6.45, 7) is 6.52. The molecule has 21 heavy (non-hydrogen) atoms. The van der Waals surface area contributed by atoms with Crippen molar-refractivity contribution in [2.45, 2.75) is 19.4 Å². The predicted octanol–water partition coefficient (Wildman–Crippen LogP) is 1.82. The van der Waals surface area contributed by atoms with Crippen LogP contribution in [-0.4, -0.2) is 48.7 Å². The molecule has 0 amide bonds. The van der Waals surface area contributed by atoms with Crippen LogP contribution in [0, 0.1) is 0 Å². The lowest BCUT2D eigenvalue weighted by Gasteiger charge is -2.35. The summed E-state index contributed by atoms with van der Waals surface area (Å²) in [7, 11) is 4.38. The van der Waals surface area contributed by atoms with Gasteiger partial charge in [-0.3, -0.25) is 0 Å². The average molecular weight is 286 g/mol. The van der Waals surface area contributed by atoms with Crippen molar-refractivity contribution in [1.82, 2.24) is 9.47 Å². The smallest absolute Gasteiger partial charge is 0.112 e. The molecule has 2 aromatic rings. The molecule has 1 aromatic carbocycles. The fourth-order valence-electron chi connectivity index (χ4n) is 3.40. The van der Waals surface area contributed by atoms with Crippen LogP contribution in [0.5, 0.6) is 0 Å². The molecule has 114 valence electrons. The molecule has 0 bridgehead atoms. The van der Waals surface area contributed by atoms with Gasteiger partial charge in [0.15, 0.2) is 0 Å². The van der Waals surface area contributed by atoms with Gasteiger partial charge in [-0.1, -0.05) is 18.2 Å². The number of fused-ring (bicyclic) bond motifs is 1. The highest BCUT2D eigenvalue weighted by molar-refractivity contribution is 5.90. The van der Waals surface area contributed by atoms with Crippen LogP contribution in [0.2, 0.25) is 0 Å². The lowest BCUT2D eigenvalue weighted by molar-refractivity contribution is 0.311. The van der Waals surface area contributed by atoms with E-state index < -0.39 is 0 Å². The van der Waals surface area contributed by atoms with Crippen molar-refractivity contribution in [3.05, 3.63) is 29.8 Å². The van der Waals surface area contributed by atoms with Crippen LogP contribution in [-0.2, 0) is 13.5 Å². The van der Waals surface area contributed by atoms with Crippen molar-refractivity contribution < 1.29 is 0 Å². The van der Waals surface area contributed by atoms with E-state index in [4.69, 9.17) is 5.73 Å². The molecule has 4 nitrogen and oxygen atoms in total. The third-order valence-corrected chi connectivity index (χ3v) is 4.51. The quantitative estimate of drug-likeness (QED) is 0.935. The summed E-state index contributed by atoms with van der Waals surface area (Å²) < 4.78 is 2.35. The fraction of sp³-hybridized carbons (Fsp3) is 0.529. The maximum Gasteiger partial charge on any atom is 0.112 e. The zero-order chi connectivity index (χ0) is 15.0. The number of piperazine rings is 1. The van der Waals surface area contributed by atoms with Crippen molar-refractivity contribution in [2.75, 3.05) is 38.1 Å². The summed E-state index contributed by atoms with van der Waals surface area (Å²) in [5, 5.41) is 1.35. The normalized spacial score (nSPS) is 18.4. The van der Waals surface area contributed by atoms with Crippen LogP contribution >= 0.6 is 0 Å². The molecule has 1 aliphatic rings. The first-order valence-electron chi connectivity index (χ1n) is 7.83. The zero-order valence-corrected chi connectivity index (χ0v) is 13.3. The van der Waals surface area contributed by atoms with Gasteiger partial charge in [-0.15, -0.1) is 0 Å². The van der Waals surface area contributed by atoms with E-state index in [1.165, 1.54) is 22.3 Å². The molecule has 0 radical (unpaired) electrons. The van der Waals surface area contributed by atoms with Crippen molar-refractivity contribution in [3.8, 4) is 0 Å². The summed E-state index contributed by atoms with van der Waals surface area (Å²) in [6.07, 6.45) is 0.934. The number of anilines is 1. The van der Waals surface area contributed by atoms with Gasteiger partial charge in [-0.05, 0) is 26.5 Å². The largest absolute Gasteiger partial charge is 0.355 e. The predicted molar refractivity (Wildman–Crippen MR) is 90.0 cm³/mol. The number of aromatic nitrogens is 1. The molecule has 0 saturated carbocycles. The second kappa shape index (κ2) is 5.70. The summed E-state index contributed by atoms with van der Waals surface area (Å²) >= 11 is 0. The molecule has 0 spiro atoms. The van der Waals surface area contributed by atoms with Crippen LogP contribution in [0.15, 0.2) is 24.3 Å². The van der Waals surface area contributed by atoms with Crippen LogP contribution in [0.4, 0.5) is 5.82 Å². The third-order valence-electron chi connectivity index (χ3n) is 4.51. The van der Waals surface area contributed by atoms with Gasteiger partial charge in [0.05, 0.1) is 0 Å². The maximum atomic E-state index is 6.11. The maximum absolute atomic E-state index is 6.11. The second-order valence-corrected chi connectivity index (χ2v) is 6.35. The van der Waals surface area contributed by atoms with Gasteiger partial charge in [-0.2, -0.15) is 0 Å². The number of hydrogen-bond donors (Lipinski definition) is 1. The van der Waals surface area contributed by atoms with Crippen LogP contribution in [0.3, 0.4) is 0 Å². The fourth-order valence-corrected chi connectivity index (χ4v) is 3.40. The van der Waals surface area contributed by atoms with Gasteiger partial charge < -0.3 is 20.1 Å². The number of para-hydroxylation sites is 1. The summed E-state index contributed by atoms with van der Waals surface area (Å²) in [5.41, 5.74) is 8.83. The first-order valence-corrected chi connectivity index (χ1v) is 7.83. The third kappa shape index (κ3) is 2.65. The van der Waals surface area contributed by atoms with Crippen LogP contribution < -0.4 is 10.6 Å². The van der Waals surface area contributed by atoms with Gasteiger partial charge >= 0.3 is 0 Å². The van der Waals surface area contributed by atoms with Gasteiger partial charge in [0.2, 0.25) is 0 Å². The van der Waals surface area contributed by atoms with Crippen LogP contribution in [0.1, 0.15) is 12.5 Å². The highest BCUT2D eigenvalue weighted by Gasteiger charge is 2.23.